The second kappa shape index (κ2) is 7.08. The number of hydrogen-bond donors (Lipinski definition) is 0. The third-order valence-electron chi connectivity index (χ3n) is 2.72. The molecule has 0 radical (unpaired) electrons. The minimum absolute atomic E-state index is 0.481. The van der Waals surface area contributed by atoms with Crippen LogP contribution in [-0.2, 0) is 23.0 Å². The summed E-state index contributed by atoms with van der Waals surface area (Å²) < 4.78 is 17.4. The number of benzene rings is 1. The van der Waals surface area contributed by atoms with Gasteiger partial charge in [0.2, 0.25) is 0 Å². The van der Waals surface area contributed by atoms with Gasteiger partial charge in [-0.25, -0.2) is 0 Å². The maximum atomic E-state index is 12.1. The van der Waals surface area contributed by atoms with E-state index in [-0.39, 0.29) is 0 Å². The number of ether oxygens (including phenoxy) is 1. The molecule has 0 saturated heterocycles. The maximum Gasteiger partial charge on any atom is 0.123 e. The summed E-state index contributed by atoms with van der Waals surface area (Å²) >= 11 is 7.66. The van der Waals surface area contributed by atoms with Crippen molar-refractivity contribution >= 4 is 33.7 Å². The third-order valence-corrected chi connectivity index (χ3v) is 5.18. The topological polar surface area (TPSA) is 26.3 Å². The standard InChI is InChI=1S/C14H15ClO2S2/c1-17-14-5-4-12(15)9-11(14)10-19(16)8-6-13-3-2-7-18-13/h2-5,7,9H,6,8,10H2,1H3/t19-/m1/s1. The predicted octanol–water partition coefficient (Wildman–Crippen LogP) is 3.90. The van der Waals surface area contributed by atoms with Gasteiger partial charge in [0.05, 0.1) is 12.9 Å². The van der Waals surface area contributed by atoms with Crippen LogP contribution in [0.2, 0.25) is 5.02 Å². The molecule has 5 heteroatoms. The summed E-state index contributed by atoms with van der Waals surface area (Å²) in [5.41, 5.74) is 0.902. The molecule has 1 heterocycles. The van der Waals surface area contributed by atoms with Gasteiger partial charge in [0.15, 0.2) is 0 Å². The quantitative estimate of drug-likeness (QED) is 0.808. The van der Waals surface area contributed by atoms with Gasteiger partial charge in [-0.05, 0) is 36.1 Å². The summed E-state index contributed by atoms with van der Waals surface area (Å²) in [5.74, 6) is 1.89. The first-order valence-electron chi connectivity index (χ1n) is 5.89. The van der Waals surface area contributed by atoms with Crippen molar-refractivity contribution in [2.45, 2.75) is 12.2 Å². The number of rotatable bonds is 6. The molecule has 0 aliphatic rings. The fourth-order valence-corrected chi connectivity index (χ4v) is 3.97. The Morgan fingerprint density at radius 2 is 2.21 bits per heavy atom. The second-order valence-electron chi connectivity index (χ2n) is 4.07. The van der Waals surface area contributed by atoms with Crippen LogP contribution in [0, 0.1) is 0 Å². The molecule has 2 nitrogen and oxygen atoms in total. The lowest BCUT2D eigenvalue weighted by atomic mass is 10.2. The van der Waals surface area contributed by atoms with Crippen LogP contribution in [0.25, 0.3) is 0 Å². The van der Waals surface area contributed by atoms with Gasteiger partial charge < -0.3 is 4.74 Å². The average molecular weight is 315 g/mol. The molecule has 0 unspecified atom stereocenters. The molecule has 0 bridgehead atoms. The van der Waals surface area contributed by atoms with E-state index < -0.39 is 10.8 Å². The fraction of sp³-hybridized carbons (Fsp3) is 0.286. The van der Waals surface area contributed by atoms with Crippen LogP contribution < -0.4 is 4.74 Å². The van der Waals surface area contributed by atoms with Crippen LogP contribution >= 0.6 is 22.9 Å². The van der Waals surface area contributed by atoms with Crippen molar-refractivity contribution in [3.63, 3.8) is 0 Å². The monoisotopic (exact) mass is 314 g/mol. The van der Waals surface area contributed by atoms with E-state index in [1.807, 2.05) is 23.6 Å². The molecule has 2 rings (SSSR count). The Morgan fingerprint density at radius 1 is 1.37 bits per heavy atom. The second-order valence-corrected chi connectivity index (χ2v) is 7.12. The maximum absolute atomic E-state index is 12.1. The van der Waals surface area contributed by atoms with E-state index in [4.69, 9.17) is 16.3 Å². The van der Waals surface area contributed by atoms with Crippen LogP contribution in [0.3, 0.4) is 0 Å². The normalized spacial score (nSPS) is 12.3. The van der Waals surface area contributed by atoms with Crippen molar-refractivity contribution in [3.05, 3.63) is 51.2 Å². The highest BCUT2D eigenvalue weighted by Crippen LogP contribution is 2.24. The minimum Gasteiger partial charge on any atom is -0.496 e. The summed E-state index contributed by atoms with van der Waals surface area (Å²) in [6, 6.07) is 9.50. The Kier molecular flexibility index (Phi) is 5.43. The summed E-state index contributed by atoms with van der Waals surface area (Å²) in [6.45, 7) is 0. The Morgan fingerprint density at radius 3 is 2.89 bits per heavy atom. The van der Waals surface area contributed by atoms with Crippen molar-refractivity contribution in [2.75, 3.05) is 12.9 Å². The van der Waals surface area contributed by atoms with Gasteiger partial charge >= 0.3 is 0 Å². The van der Waals surface area contributed by atoms with Gasteiger partial charge in [0.1, 0.15) is 5.75 Å². The van der Waals surface area contributed by atoms with Crippen LogP contribution in [-0.4, -0.2) is 17.1 Å². The zero-order chi connectivity index (χ0) is 13.7. The van der Waals surface area contributed by atoms with Gasteiger partial charge in [0.25, 0.3) is 0 Å². The van der Waals surface area contributed by atoms with Gasteiger partial charge in [0, 0.05) is 32.0 Å². The molecule has 0 saturated carbocycles. The lowest BCUT2D eigenvalue weighted by Crippen LogP contribution is -2.04. The van der Waals surface area contributed by atoms with Gasteiger partial charge in [-0.15, -0.1) is 11.3 Å². The van der Waals surface area contributed by atoms with Crippen molar-refractivity contribution in [1.29, 1.82) is 0 Å². The molecule has 0 aliphatic carbocycles. The Bertz CT molecular complexity index is 553. The molecule has 0 amide bonds. The summed E-state index contributed by atoms with van der Waals surface area (Å²) in [5, 5.41) is 2.68. The predicted molar refractivity (Wildman–Crippen MR) is 82.7 cm³/mol. The highest BCUT2D eigenvalue weighted by molar-refractivity contribution is 7.84. The number of methoxy groups -OCH3 is 1. The molecule has 0 aliphatic heterocycles. The first kappa shape index (κ1) is 14.6. The van der Waals surface area contributed by atoms with Crippen molar-refractivity contribution in [1.82, 2.24) is 0 Å². The van der Waals surface area contributed by atoms with Gasteiger partial charge in [-0.3, -0.25) is 4.21 Å². The number of halogens is 1. The minimum atomic E-state index is -0.908. The van der Waals surface area contributed by atoms with Crippen molar-refractivity contribution in [3.8, 4) is 5.75 Å². The molecular weight excluding hydrogens is 300 g/mol. The van der Waals surface area contributed by atoms with Crippen molar-refractivity contribution < 1.29 is 8.95 Å². The van der Waals surface area contributed by atoms with Crippen LogP contribution in [0.15, 0.2) is 35.7 Å². The first-order valence-corrected chi connectivity index (χ1v) is 8.63. The van der Waals surface area contributed by atoms with Crippen LogP contribution in [0.5, 0.6) is 5.75 Å². The van der Waals surface area contributed by atoms with E-state index in [0.29, 0.717) is 16.5 Å². The fourth-order valence-electron chi connectivity index (χ4n) is 1.77. The van der Waals surface area contributed by atoms with E-state index in [9.17, 15) is 4.21 Å². The van der Waals surface area contributed by atoms with Crippen LogP contribution in [0.4, 0.5) is 0 Å². The van der Waals surface area contributed by atoms with E-state index in [2.05, 4.69) is 6.07 Å². The van der Waals surface area contributed by atoms with E-state index in [0.717, 1.165) is 17.7 Å². The Balaban J connectivity index is 1.96. The lowest BCUT2D eigenvalue weighted by molar-refractivity contribution is 0.411. The molecular formula is C14H15ClO2S2. The zero-order valence-corrected chi connectivity index (χ0v) is 13.0. The first-order chi connectivity index (χ1) is 9.19. The van der Waals surface area contributed by atoms with Crippen molar-refractivity contribution in [2.24, 2.45) is 0 Å². The SMILES string of the molecule is COc1ccc(Cl)cc1C[S@](=O)CCc1cccs1. The highest BCUT2D eigenvalue weighted by Gasteiger charge is 2.09. The average Bonchev–Trinajstić information content (AvgIpc) is 2.90. The van der Waals surface area contributed by atoms with E-state index in [1.165, 1.54) is 4.88 Å². The van der Waals surface area contributed by atoms with Gasteiger partial charge in [-0.1, -0.05) is 17.7 Å². The molecule has 1 aromatic carbocycles. The molecule has 0 fully saturated rings. The zero-order valence-electron chi connectivity index (χ0n) is 10.6. The third kappa shape index (κ3) is 4.34. The smallest absolute Gasteiger partial charge is 0.123 e. The molecule has 19 heavy (non-hydrogen) atoms. The molecule has 2 aromatic rings. The Hall–Kier alpha value is -0.840. The molecule has 1 aromatic heterocycles. The number of aryl methyl sites for hydroxylation is 1. The summed E-state index contributed by atoms with van der Waals surface area (Å²) in [7, 11) is 0.705. The van der Waals surface area contributed by atoms with Crippen LogP contribution in [0.1, 0.15) is 10.4 Å². The molecule has 1 atom stereocenters. The summed E-state index contributed by atoms with van der Waals surface area (Å²) in [6.07, 6.45) is 0.854. The molecule has 0 N–H and O–H groups in total. The highest BCUT2D eigenvalue weighted by atomic mass is 35.5. The Labute approximate surface area is 124 Å². The summed E-state index contributed by atoms with van der Waals surface area (Å²) in [4.78, 5) is 1.27. The van der Waals surface area contributed by atoms with E-state index in [1.54, 1.807) is 24.5 Å². The lowest BCUT2D eigenvalue weighted by Gasteiger charge is -2.08. The number of hydrogen-bond acceptors (Lipinski definition) is 3. The largest absolute Gasteiger partial charge is 0.496 e. The molecule has 102 valence electrons. The number of thiophene rings is 1. The van der Waals surface area contributed by atoms with Gasteiger partial charge in [-0.2, -0.15) is 0 Å². The van der Waals surface area contributed by atoms with E-state index >= 15 is 0 Å². The molecule has 0 spiro atoms.